The van der Waals surface area contributed by atoms with Gasteiger partial charge in [0.15, 0.2) is 5.65 Å². The fourth-order valence-electron chi connectivity index (χ4n) is 3.79. The second-order valence-corrected chi connectivity index (χ2v) is 8.55. The van der Waals surface area contributed by atoms with Crippen molar-refractivity contribution in [2.75, 3.05) is 26.2 Å². The molecule has 1 aliphatic heterocycles. The highest BCUT2D eigenvalue weighted by molar-refractivity contribution is 7.12. The van der Waals surface area contributed by atoms with Crippen LogP contribution in [0.1, 0.15) is 9.67 Å². The van der Waals surface area contributed by atoms with Crippen molar-refractivity contribution in [3.05, 3.63) is 75.4 Å². The van der Waals surface area contributed by atoms with E-state index in [9.17, 15) is 18.8 Å². The quantitative estimate of drug-likeness (QED) is 0.457. The number of nitrogens with zero attached hydrogens (tertiary/aromatic N) is 6. The molecular weight excluding hydrogens is 447 g/mol. The van der Waals surface area contributed by atoms with E-state index in [2.05, 4.69) is 10.1 Å². The Morgan fingerprint density at radius 2 is 1.76 bits per heavy atom. The van der Waals surface area contributed by atoms with Gasteiger partial charge in [-0.3, -0.25) is 19.0 Å². The van der Waals surface area contributed by atoms with Crippen molar-refractivity contribution in [3.8, 4) is 5.69 Å². The summed E-state index contributed by atoms with van der Waals surface area (Å²) in [7, 11) is 0. The van der Waals surface area contributed by atoms with E-state index in [4.69, 9.17) is 0 Å². The zero-order valence-electron chi connectivity index (χ0n) is 17.4. The number of piperazine rings is 1. The molecule has 0 N–H and O–H groups in total. The van der Waals surface area contributed by atoms with E-state index in [1.54, 1.807) is 28.0 Å². The van der Waals surface area contributed by atoms with E-state index >= 15 is 0 Å². The summed E-state index contributed by atoms with van der Waals surface area (Å²) < 4.78 is 15.9. The van der Waals surface area contributed by atoms with Crippen molar-refractivity contribution in [2.24, 2.45) is 0 Å². The van der Waals surface area contributed by atoms with Crippen molar-refractivity contribution >= 4 is 34.2 Å². The molecule has 3 aromatic heterocycles. The summed E-state index contributed by atoms with van der Waals surface area (Å²) in [5.74, 6) is -0.616. The van der Waals surface area contributed by atoms with Gasteiger partial charge in [0.1, 0.15) is 24.1 Å². The van der Waals surface area contributed by atoms with Crippen LogP contribution in [0.15, 0.2) is 59.1 Å². The Morgan fingerprint density at radius 3 is 2.45 bits per heavy atom. The molecule has 33 heavy (non-hydrogen) atoms. The molecular formula is C22H19FN6O3S. The summed E-state index contributed by atoms with van der Waals surface area (Å²) in [4.78, 5) is 46.6. The van der Waals surface area contributed by atoms with E-state index in [1.807, 2.05) is 11.4 Å². The Hall–Kier alpha value is -3.86. The maximum absolute atomic E-state index is 13.2. The SMILES string of the molecule is O=C(Cn1cnc2c(cnn2-c2ccc(F)cc2)c1=O)N1CCN(C(=O)c2cccs2)CC1. The second kappa shape index (κ2) is 8.58. The molecule has 0 atom stereocenters. The highest BCUT2D eigenvalue weighted by Gasteiger charge is 2.25. The van der Waals surface area contributed by atoms with Crippen LogP contribution in [-0.4, -0.2) is 67.1 Å². The molecule has 0 radical (unpaired) electrons. The van der Waals surface area contributed by atoms with E-state index in [1.165, 1.54) is 45.2 Å². The van der Waals surface area contributed by atoms with Gasteiger partial charge in [0.2, 0.25) is 5.91 Å². The Labute approximate surface area is 191 Å². The minimum Gasteiger partial charge on any atom is -0.338 e. The fraction of sp³-hybridized carbons (Fsp3) is 0.227. The van der Waals surface area contributed by atoms with Crippen molar-refractivity contribution < 1.29 is 14.0 Å². The first kappa shape index (κ1) is 21.0. The zero-order valence-corrected chi connectivity index (χ0v) is 18.2. The van der Waals surface area contributed by atoms with Crippen molar-refractivity contribution in [3.63, 3.8) is 0 Å². The number of rotatable bonds is 4. The fourth-order valence-corrected chi connectivity index (χ4v) is 4.48. The average molecular weight is 466 g/mol. The third-order valence-electron chi connectivity index (χ3n) is 5.58. The highest BCUT2D eigenvalue weighted by Crippen LogP contribution is 2.15. The third kappa shape index (κ3) is 4.02. The topological polar surface area (TPSA) is 93.3 Å². The van der Waals surface area contributed by atoms with Gasteiger partial charge in [-0.05, 0) is 35.7 Å². The lowest BCUT2D eigenvalue weighted by Crippen LogP contribution is -2.51. The zero-order chi connectivity index (χ0) is 22.9. The number of fused-ring (bicyclic) bond motifs is 1. The summed E-state index contributed by atoms with van der Waals surface area (Å²) >= 11 is 1.40. The Morgan fingerprint density at radius 1 is 1.03 bits per heavy atom. The molecule has 11 heteroatoms. The van der Waals surface area contributed by atoms with E-state index < -0.39 is 0 Å². The number of halogens is 1. The monoisotopic (exact) mass is 466 g/mol. The van der Waals surface area contributed by atoms with Crippen molar-refractivity contribution in [2.45, 2.75) is 6.54 Å². The minimum absolute atomic E-state index is 0.0267. The van der Waals surface area contributed by atoms with Crippen LogP contribution >= 0.6 is 11.3 Å². The Balaban J connectivity index is 1.28. The van der Waals surface area contributed by atoms with Gasteiger partial charge in [-0.15, -0.1) is 11.3 Å². The molecule has 168 valence electrons. The van der Waals surface area contributed by atoms with Gasteiger partial charge in [0.25, 0.3) is 11.5 Å². The minimum atomic E-state index is -0.381. The van der Waals surface area contributed by atoms with E-state index in [-0.39, 0.29) is 35.1 Å². The molecule has 0 bridgehead atoms. The average Bonchev–Trinajstić information content (AvgIpc) is 3.52. The van der Waals surface area contributed by atoms with Gasteiger partial charge in [-0.1, -0.05) is 6.07 Å². The van der Waals surface area contributed by atoms with Gasteiger partial charge < -0.3 is 9.80 Å². The van der Waals surface area contributed by atoms with Crippen LogP contribution < -0.4 is 5.56 Å². The molecule has 0 aliphatic carbocycles. The lowest BCUT2D eigenvalue weighted by atomic mass is 10.3. The number of hydrogen-bond acceptors (Lipinski definition) is 6. The summed E-state index contributed by atoms with van der Waals surface area (Å²) in [5.41, 5.74) is 0.520. The number of amides is 2. The number of carbonyl (C=O) groups is 2. The largest absolute Gasteiger partial charge is 0.338 e. The molecule has 1 fully saturated rings. The predicted molar refractivity (Wildman–Crippen MR) is 120 cm³/mol. The van der Waals surface area contributed by atoms with Gasteiger partial charge in [0.05, 0.1) is 16.8 Å². The first-order valence-electron chi connectivity index (χ1n) is 10.3. The molecule has 0 saturated carbocycles. The number of benzene rings is 1. The van der Waals surface area contributed by atoms with Crippen molar-refractivity contribution in [1.82, 2.24) is 29.1 Å². The maximum Gasteiger partial charge on any atom is 0.264 e. The number of thiophene rings is 1. The van der Waals surface area contributed by atoms with Crippen LogP contribution in [0.5, 0.6) is 0 Å². The maximum atomic E-state index is 13.2. The van der Waals surface area contributed by atoms with E-state index in [0.717, 1.165) is 0 Å². The lowest BCUT2D eigenvalue weighted by Gasteiger charge is -2.34. The molecule has 5 rings (SSSR count). The van der Waals surface area contributed by atoms with Crippen LogP contribution in [0.3, 0.4) is 0 Å². The van der Waals surface area contributed by atoms with Gasteiger partial charge in [-0.2, -0.15) is 5.10 Å². The van der Waals surface area contributed by atoms with E-state index in [0.29, 0.717) is 42.4 Å². The number of aromatic nitrogens is 4. The predicted octanol–water partition coefficient (Wildman–Crippen LogP) is 1.77. The van der Waals surface area contributed by atoms with Crippen molar-refractivity contribution in [1.29, 1.82) is 0 Å². The molecule has 0 spiro atoms. The lowest BCUT2D eigenvalue weighted by molar-refractivity contribution is -0.133. The smallest absolute Gasteiger partial charge is 0.264 e. The standard InChI is InChI=1S/C22H19FN6O3S/c23-15-3-5-16(6-4-15)29-20-17(12-25-29)21(31)28(14-24-20)13-19(30)26-7-9-27(10-8-26)22(32)18-2-1-11-33-18/h1-6,11-12,14H,7-10,13H2. The van der Waals surface area contributed by atoms with Gasteiger partial charge >= 0.3 is 0 Å². The van der Waals surface area contributed by atoms with Crippen LogP contribution in [0.2, 0.25) is 0 Å². The first-order valence-corrected chi connectivity index (χ1v) is 11.2. The summed E-state index contributed by atoms with van der Waals surface area (Å²) in [6.45, 7) is 1.55. The van der Waals surface area contributed by atoms with Crippen LogP contribution in [0.25, 0.3) is 16.7 Å². The molecule has 1 aliphatic rings. The number of hydrogen-bond donors (Lipinski definition) is 0. The second-order valence-electron chi connectivity index (χ2n) is 7.60. The molecule has 1 saturated heterocycles. The normalized spacial score (nSPS) is 14.1. The molecule has 2 amide bonds. The summed E-state index contributed by atoms with van der Waals surface area (Å²) in [6, 6.07) is 9.32. The summed E-state index contributed by atoms with van der Waals surface area (Å²) in [6.07, 6.45) is 2.71. The first-order chi connectivity index (χ1) is 16.0. The summed E-state index contributed by atoms with van der Waals surface area (Å²) in [5, 5.41) is 6.32. The van der Waals surface area contributed by atoms with Crippen LogP contribution in [0, 0.1) is 5.82 Å². The number of carbonyl (C=O) groups excluding carboxylic acids is 2. The molecule has 0 unspecified atom stereocenters. The van der Waals surface area contributed by atoms with Crippen LogP contribution in [-0.2, 0) is 11.3 Å². The van der Waals surface area contributed by atoms with Crippen LogP contribution in [0.4, 0.5) is 4.39 Å². The molecule has 9 nitrogen and oxygen atoms in total. The molecule has 4 heterocycles. The third-order valence-corrected chi connectivity index (χ3v) is 6.44. The highest BCUT2D eigenvalue weighted by atomic mass is 32.1. The Bertz CT molecular complexity index is 1370. The van der Waals surface area contributed by atoms with Gasteiger partial charge in [0, 0.05) is 26.2 Å². The molecule has 1 aromatic carbocycles. The molecule has 4 aromatic rings. The van der Waals surface area contributed by atoms with Gasteiger partial charge in [-0.25, -0.2) is 14.1 Å². The Kier molecular flexibility index (Phi) is 5.47.